The molecule has 1 aromatic heterocycles. The van der Waals surface area contributed by atoms with E-state index in [0.29, 0.717) is 11.3 Å². The molecule has 0 amide bonds. The zero-order valence-corrected chi connectivity index (χ0v) is 10.2. The van der Waals surface area contributed by atoms with E-state index in [1.807, 2.05) is 0 Å². The standard InChI is InChI=1S/C10H8N4O4S/c11-6-2-1-5(3-7(6)12)10-9(14(17)18)8(4-19-10)13(15)16/h1-4H,11-12H2. The highest BCUT2D eigenvalue weighted by atomic mass is 32.1. The lowest BCUT2D eigenvalue weighted by atomic mass is 10.1. The Bertz CT molecular complexity index is 682. The van der Waals surface area contributed by atoms with Gasteiger partial charge in [-0.2, -0.15) is 0 Å². The minimum atomic E-state index is -0.779. The maximum Gasteiger partial charge on any atom is 0.364 e. The summed E-state index contributed by atoms with van der Waals surface area (Å²) in [6.45, 7) is 0. The molecule has 0 bridgehead atoms. The third kappa shape index (κ3) is 2.18. The Kier molecular flexibility index (Phi) is 3.05. The Morgan fingerprint density at radius 3 is 2.26 bits per heavy atom. The SMILES string of the molecule is Nc1ccc(-c2scc([N+](=O)[O-])c2[N+](=O)[O-])cc1N. The van der Waals surface area contributed by atoms with E-state index < -0.39 is 21.2 Å². The van der Waals surface area contributed by atoms with Crippen LogP contribution in [-0.4, -0.2) is 9.85 Å². The van der Waals surface area contributed by atoms with E-state index in [4.69, 9.17) is 11.5 Å². The van der Waals surface area contributed by atoms with Crippen LogP contribution in [0.3, 0.4) is 0 Å². The highest BCUT2D eigenvalue weighted by Crippen LogP contribution is 2.43. The fraction of sp³-hybridized carbons (Fsp3) is 0. The lowest BCUT2D eigenvalue weighted by Gasteiger charge is -2.02. The van der Waals surface area contributed by atoms with Gasteiger partial charge in [-0.05, 0) is 12.1 Å². The van der Waals surface area contributed by atoms with Crippen molar-refractivity contribution in [1.82, 2.24) is 0 Å². The monoisotopic (exact) mass is 280 g/mol. The number of thiophene rings is 1. The third-order valence-corrected chi connectivity index (χ3v) is 3.48. The van der Waals surface area contributed by atoms with Crippen molar-refractivity contribution < 1.29 is 9.85 Å². The van der Waals surface area contributed by atoms with Crippen LogP contribution in [-0.2, 0) is 0 Å². The minimum absolute atomic E-state index is 0.184. The van der Waals surface area contributed by atoms with Crippen LogP contribution in [0.4, 0.5) is 22.7 Å². The summed E-state index contributed by atoms with van der Waals surface area (Å²) >= 11 is 0.921. The summed E-state index contributed by atoms with van der Waals surface area (Å²) in [5.74, 6) is 0. The molecular weight excluding hydrogens is 272 g/mol. The van der Waals surface area contributed by atoms with Crippen molar-refractivity contribution in [3.05, 3.63) is 43.8 Å². The van der Waals surface area contributed by atoms with Crippen LogP contribution in [0.2, 0.25) is 0 Å². The molecule has 9 heteroatoms. The average Bonchev–Trinajstić information content (AvgIpc) is 2.77. The molecule has 2 rings (SSSR count). The fourth-order valence-electron chi connectivity index (χ4n) is 1.57. The molecule has 4 N–H and O–H groups in total. The first kappa shape index (κ1) is 12.8. The van der Waals surface area contributed by atoms with Gasteiger partial charge in [0.15, 0.2) is 0 Å². The molecule has 0 atom stereocenters. The van der Waals surface area contributed by atoms with E-state index in [1.54, 1.807) is 0 Å². The molecule has 2 aromatic rings. The van der Waals surface area contributed by atoms with E-state index >= 15 is 0 Å². The van der Waals surface area contributed by atoms with Crippen LogP contribution in [0.5, 0.6) is 0 Å². The normalized spacial score (nSPS) is 10.3. The second kappa shape index (κ2) is 4.53. The van der Waals surface area contributed by atoms with Crippen LogP contribution >= 0.6 is 11.3 Å². The van der Waals surface area contributed by atoms with Crippen molar-refractivity contribution in [2.75, 3.05) is 11.5 Å². The zero-order valence-electron chi connectivity index (χ0n) is 9.40. The molecule has 0 saturated heterocycles. The van der Waals surface area contributed by atoms with Crippen LogP contribution < -0.4 is 11.5 Å². The van der Waals surface area contributed by atoms with Crippen LogP contribution in [0.15, 0.2) is 23.6 Å². The highest BCUT2D eigenvalue weighted by Gasteiger charge is 2.31. The summed E-state index contributed by atoms with van der Waals surface area (Å²) in [4.78, 5) is 20.4. The van der Waals surface area contributed by atoms with Crippen LogP contribution in [0.1, 0.15) is 0 Å². The van der Waals surface area contributed by atoms with Gasteiger partial charge in [0.05, 0.1) is 26.6 Å². The Hall–Kier alpha value is -2.68. The average molecular weight is 280 g/mol. The second-order valence-electron chi connectivity index (χ2n) is 3.66. The molecule has 0 fully saturated rings. The van der Waals surface area contributed by atoms with Crippen molar-refractivity contribution in [3.8, 4) is 10.4 Å². The number of hydrogen-bond acceptors (Lipinski definition) is 7. The lowest BCUT2D eigenvalue weighted by molar-refractivity contribution is -0.421. The largest absolute Gasteiger partial charge is 0.397 e. The molecule has 0 aliphatic heterocycles. The number of nitro groups is 2. The summed E-state index contributed by atoms with van der Waals surface area (Å²) in [5, 5.41) is 22.9. The van der Waals surface area contributed by atoms with E-state index in [0.717, 1.165) is 16.7 Å². The smallest absolute Gasteiger partial charge is 0.364 e. The summed E-state index contributed by atoms with van der Waals surface area (Å²) in [5.41, 5.74) is 11.2. The van der Waals surface area contributed by atoms with E-state index in [-0.39, 0.29) is 10.6 Å². The van der Waals surface area contributed by atoms with E-state index in [1.165, 1.54) is 18.2 Å². The summed E-state index contributed by atoms with van der Waals surface area (Å²) in [6.07, 6.45) is 0. The van der Waals surface area contributed by atoms with Gasteiger partial charge in [0.1, 0.15) is 4.88 Å². The van der Waals surface area contributed by atoms with Gasteiger partial charge in [-0.3, -0.25) is 20.2 Å². The van der Waals surface area contributed by atoms with Gasteiger partial charge < -0.3 is 11.5 Å². The highest BCUT2D eigenvalue weighted by molar-refractivity contribution is 7.14. The molecule has 0 spiro atoms. The van der Waals surface area contributed by atoms with E-state index in [2.05, 4.69) is 0 Å². The first-order valence-corrected chi connectivity index (χ1v) is 5.85. The molecule has 8 nitrogen and oxygen atoms in total. The number of anilines is 2. The van der Waals surface area contributed by atoms with Crippen LogP contribution in [0.25, 0.3) is 10.4 Å². The van der Waals surface area contributed by atoms with Crippen molar-refractivity contribution >= 4 is 34.1 Å². The second-order valence-corrected chi connectivity index (χ2v) is 4.54. The molecule has 0 saturated carbocycles. The van der Waals surface area contributed by atoms with Gasteiger partial charge in [0.25, 0.3) is 0 Å². The fourth-order valence-corrected chi connectivity index (χ4v) is 2.55. The molecular formula is C10H8N4O4S. The minimum Gasteiger partial charge on any atom is -0.397 e. The number of benzene rings is 1. The van der Waals surface area contributed by atoms with Crippen LogP contribution in [0, 0.1) is 20.2 Å². The summed E-state index contributed by atoms with van der Waals surface area (Å²) in [6, 6.07) is 4.49. The maximum atomic E-state index is 11.0. The molecule has 0 aliphatic rings. The van der Waals surface area contributed by atoms with Crippen molar-refractivity contribution in [1.29, 1.82) is 0 Å². The summed E-state index contributed by atoms with van der Waals surface area (Å²) < 4.78 is 0. The number of nitrogens with two attached hydrogens (primary N) is 2. The number of nitrogens with zero attached hydrogens (tertiary/aromatic N) is 2. The molecule has 0 unspecified atom stereocenters. The first-order valence-electron chi connectivity index (χ1n) is 4.97. The van der Waals surface area contributed by atoms with Gasteiger partial charge in [-0.25, -0.2) is 0 Å². The van der Waals surface area contributed by atoms with Gasteiger partial charge in [0.2, 0.25) is 0 Å². The molecule has 1 heterocycles. The number of rotatable bonds is 3. The molecule has 0 radical (unpaired) electrons. The topological polar surface area (TPSA) is 138 Å². The quantitative estimate of drug-likeness (QED) is 0.502. The third-order valence-electron chi connectivity index (χ3n) is 2.47. The van der Waals surface area contributed by atoms with Gasteiger partial charge >= 0.3 is 11.4 Å². The zero-order chi connectivity index (χ0) is 14.2. The predicted molar refractivity (Wildman–Crippen MR) is 71.9 cm³/mol. The summed E-state index contributed by atoms with van der Waals surface area (Å²) in [7, 11) is 0. The lowest BCUT2D eigenvalue weighted by Crippen LogP contribution is -1.96. The molecule has 19 heavy (non-hydrogen) atoms. The Morgan fingerprint density at radius 2 is 1.74 bits per heavy atom. The van der Waals surface area contributed by atoms with Gasteiger partial charge in [-0.1, -0.05) is 6.07 Å². The Balaban J connectivity index is 2.65. The first-order chi connectivity index (χ1) is 8.91. The van der Waals surface area contributed by atoms with Crippen molar-refractivity contribution in [2.24, 2.45) is 0 Å². The maximum absolute atomic E-state index is 11.0. The predicted octanol–water partition coefficient (Wildman–Crippen LogP) is 2.40. The Morgan fingerprint density at radius 1 is 1.05 bits per heavy atom. The molecule has 0 aliphatic carbocycles. The number of nitrogen functional groups attached to an aromatic ring is 2. The number of hydrogen-bond donors (Lipinski definition) is 2. The van der Waals surface area contributed by atoms with E-state index in [9.17, 15) is 20.2 Å². The molecule has 1 aromatic carbocycles. The van der Waals surface area contributed by atoms with Crippen molar-refractivity contribution in [2.45, 2.75) is 0 Å². The Labute approximate surface area is 110 Å². The molecule has 98 valence electrons. The van der Waals surface area contributed by atoms with Gasteiger partial charge in [-0.15, -0.1) is 11.3 Å². The van der Waals surface area contributed by atoms with Gasteiger partial charge in [0, 0.05) is 5.56 Å². The van der Waals surface area contributed by atoms with Crippen molar-refractivity contribution in [3.63, 3.8) is 0 Å².